The molecule has 0 aromatic heterocycles. The van der Waals surface area contributed by atoms with Crippen molar-refractivity contribution in [3.8, 4) is 0 Å². The normalized spacial score (nSPS) is 12.8. The van der Waals surface area contributed by atoms with Crippen molar-refractivity contribution in [2.45, 2.75) is 232 Å². The number of carbonyl (C=O) groups is 2. The number of rotatable bonds is 44. The van der Waals surface area contributed by atoms with Gasteiger partial charge < -0.3 is 14.2 Å². The first-order valence-electron chi connectivity index (χ1n) is 24.5. The van der Waals surface area contributed by atoms with Gasteiger partial charge in [-0.15, -0.1) is 0 Å². The summed E-state index contributed by atoms with van der Waals surface area (Å²) in [6.07, 6.45) is 62.0. The summed E-state index contributed by atoms with van der Waals surface area (Å²) in [7, 11) is 0. The first kappa shape index (κ1) is 55.3. The Balaban J connectivity index is 4.30. The summed E-state index contributed by atoms with van der Waals surface area (Å²) in [5.74, 6) is -0.469. The maximum absolute atomic E-state index is 12.7. The molecule has 0 radical (unpaired) electrons. The molecule has 1 atom stereocenters. The van der Waals surface area contributed by atoms with Crippen molar-refractivity contribution in [1.82, 2.24) is 0 Å². The van der Waals surface area contributed by atoms with Gasteiger partial charge in [0.2, 0.25) is 0 Å². The van der Waals surface area contributed by atoms with Gasteiger partial charge in [0.15, 0.2) is 6.10 Å². The SMILES string of the molecule is CC/C=C\C/C=C\C/C=C\C/C=C\C/C=C\CCCC(=O)OCC(COCCCCCCCC/C=C\CCCCCCCC)OC(=O)CCCCCCCCCCC. The molecule has 0 aromatic rings. The molecule has 0 fully saturated rings. The average Bonchev–Trinajstić information content (AvgIpc) is 3.22. The maximum Gasteiger partial charge on any atom is 0.306 e. The highest BCUT2D eigenvalue weighted by molar-refractivity contribution is 5.70. The topological polar surface area (TPSA) is 61.8 Å². The van der Waals surface area contributed by atoms with Gasteiger partial charge in [-0.1, -0.05) is 203 Å². The number of hydrogen-bond donors (Lipinski definition) is 0. The summed E-state index contributed by atoms with van der Waals surface area (Å²) in [5, 5.41) is 0. The molecule has 0 saturated carbocycles. The summed E-state index contributed by atoms with van der Waals surface area (Å²) < 4.78 is 17.3. The van der Waals surface area contributed by atoms with E-state index in [2.05, 4.69) is 93.7 Å². The van der Waals surface area contributed by atoms with Crippen molar-refractivity contribution >= 4 is 11.9 Å². The molecule has 334 valence electrons. The third-order valence-corrected chi connectivity index (χ3v) is 10.2. The third kappa shape index (κ3) is 46.0. The molecule has 0 bridgehead atoms. The minimum absolute atomic E-state index is 0.0530. The van der Waals surface area contributed by atoms with Crippen molar-refractivity contribution < 1.29 is 23.8 Å². The molecule has 0 rings (SSSR count). The van der Waals surface area contributed by atoms with Crippen LogP contribution in [0.2, 0.25) is 0 Å². The fourth-order valence-corrected chi connectivity index (χ4v) is 6.60. The van der Waals surface area contributed by atoms with Gasteiger partial charge in [-0.25, -0.2) is 0 Å². The Labute approximate surface area is 359 Å². The van der Waals surface area contributed by atoms with E-state index in [4.69, 9.17) is 14.2 Å². The molecule has 0 amide bonds. The van der Waals surface area contributed by atoms with E-state index in [1.807, 2.05) is 0 Å². The third-order valence-electron chi connectivity index (χ3n) is 10.2. The fourth-order valence-electron chi connectivity index (χ4n) is 6.60. The maximum atomic E-state index is 12.7. The van der Waals surface area contributed by atoms with E-state index in [0.29, 0.717) is 19.4 Å². The molecule has 0 aliphatic heterocycles. The number of esters is 2. The fraction of sp³-hybridized carbons (Fsp3) is 0.736. The summed E-state index contributed by atoms with van der Waals surface area (Å²) in [4.78, 5) is 25.2. The molecule has 0 N–H and O–H groups in total. The van der Waals surface area contributed by atoms with E-state index < -0.39 is 6.10 Å². The predicted molar refractivity (Wildman–Crippen MR) is 251 cm³/mol. The van der Waals surface area contributed by atoms with E-state index in [1.165, 1.54) is 122 Å². The zero-order valence-corrected chi connectivity index (χ0v) is 38.3. The second-order valence-electron chi connectivity index (χ2n) is 16.0. The van der Waals surface area contributed by atoms with Crippen molar-refractivity contribution in [2.24, 2.45) is 0 Å². The zero-order chi connectivity index (χ0) is 42.1. The first-order chi connectivity index (χ1) is 28.6. The largest absolute Gasteiger partial charge is 0.462 e. The van der Waals surface area contributed by atoms with Gasteiger partial charge in [0.05, 0.1) is 6.61 Å². The molecule has 0 aliphatic carbocycles. The molecule has 0 aromatic carbocycles. The minimum Gasteiger partial charge on any atom is -0.462 e. The van der Waals surface area contributed by atoms with Crippen LogP contribution in [0.1, 0.15) is 226 Å². The van der Waals surface area contributed by atoms with Gasteiger partial charge in [-0.2, -0.15) is 0 Å². The highest BCUT2D eigenvalue weighted by atomic mass is 16.6. The molecule has 5 nitrogen and oxygen atoms in total. The number of carbonyl (C=O) groups excluding carboxylic acids is 2. The van der Waals surface area contributed by atoms with Gasteiger partial charge in [0, 0.05) is 19.4 Å². The predicted octanol–water partition coefficient (Wildman–Crippen LogP) is 16.3. The van der Waals surface area contributed by atoms with Gasteiger partial charge in [-0.3, -0.25) is 9.59 Å². The summed E-state index contributed by atoms with van der Waals surface area (Å²) >= 11 is 0. The van der Waals surface area contributed by atoms with Crippen molar-refractivity contribution in [3.05, 3.63) is 72.9 Å². The lowest BCUT2D eigenvalue weighted by atomic mass is 10.1. The van der Waals surface area contributed by atoms with Crippen molar-refractivity contribution in [2.75, 3.05) is 19.8 Å². The van der Waals surface area contributed by atoms with Gasteiger partial charge >= 0.3 is 11.9 Å². The van der Waals surface area contributed by atoms with Crippen molar-refractivity contribution in [1.29, 1.82) is 0 Å². The van der Waals surface area contributed by atoms with Gasteiger partial charge in [-0.05, 0) is 83.5 Å². The standard InChI is InChI=1S/C53H92O5/c1-4-7-10-13-16-19-21-23-25-27-28-30-32-35-37-40-43-46-52(54)57-50-51(58-53(55)47-44-41-38-34-18-15-12-9-6-3)49-56-48-45-42-39-36-33-31-29-26-24-22-20-17-14-11-8-5-2/h7,10,16,19,23-26,28,30,35,37,51H,4-6,8-9,11-15,17-18,20-22,27,29,31-34,36,38-50H2,1-3H3/b10-7-,19-16-,25-23-,26-24-,30-28-,37-35-. The Hall–Kier alpha value is -2.66. The first-order valence-corrected chi connectivity index (χ1v) is 24.5. The molecular formula is C53H92O5. The zero-order valence-electron chi connectivity index (χ0n) is 38.3. The van der Waals surface area contributed by atoms with Crippen LogP contribution >= 0.6 is 0 Å². The molecule has 0 spiro atoms. The Bertz CT molecular complexity index is 1050. The Morgan fingerprint density at radius 3 is 1.31 bits per heavy atom. The van der Waals surface area contributed by atoms with Crippen LogP contribution in [0.15, 0.2) is 72.9 Å². The van der Waals surface area contributed by atoms with E-state index in [0.717, 1.165) is 70.6 Å². The van der Waals surface area contributed by atoms with Crippen LogP contribution in [-0.4, -0.2) is 37.9 Å². The molecule has 0 heterocycles. The van der Waals surface area contributed by atoms with Gasteiger partial charge in [0.25, 0.3) is 0 Å². The number of hydrogen-bond acceptors (Lipinski definition) is 5. The monoisotopic (exact) mass is 809 g/mol. The van der Waals surface area contributed by atoms with Crippen LogP contribution in [0.5, 0.6) is 0 Å². The number of unbranched alkanes of at least 4 members (excludes halogenated alkanes) is 21. The van der Waals surface area contributed by atoms with Crippen LogP contribution in [0.4, 0.5) is 0 Å². The van der Waals surface area contributed by atoms with E-state index >= 15 is 0 Å². The van der Waals surface area contributed by atoms with Crippen LogP contribution in [-0.2, 0) is 23.8 Å². The highest BCUT2D eigenvalue weighted by Crippen LogP contribution is 2.13. The van der Waals surface area contributed by atoms with E-state index in [-0.39, 0.29) is 25.2 Å². The van der Waals surface area contributed by atoms with Crippen LogP contribution in [0.3, 0.4) is 0 Å². The van der Waals surface area contributed by atoms with E-state index in [9.17, 15) is 9.59 Å². The van der Waals surface area contributed by atoms with E-state index in [1.54, 1.807) is 0 Å². The summed E-state index contributed by atoms with van der Waals surface area (Å²) in [6.45, 7) is 7.63. The Morgan fingerprint density at radius 1 is 0.397 bits per heavy atom. The number of allylic oxidation sites excluding steroid dienone is 12. The quantitative estimate of drug-likeness (QED) is 0.0348. The minimum atomic E-state index is -0.560. The van der Waals surface area contributed by atoms with Crippen molar-refractivity contribution in [3.63, 3.8) is 0 Å². The molecule has 58 heavy (non-hydrogen) atoms. The molecule has 5 heteroatoms. The lowest BCUT2D eigenvalue weighted by molar-refractivity contribution is -0.163. The Kier molecular flexibility index (Phi) is 46.5. The summed E-state index contributed by atoms with van der Waals surface area (Å²) in [6, 6.07) is 0. The van der Waals surface area contributed by atoms with Crippen LogP contribution < -0.4 is 0 Å². The van der Waals surface area contributed by atoms with Crippen LogP contribution in [0, 0.1) is 0 Å². The molecule has 0 saturated heterocycles. The molecular weight excluding hydrogens is 717 g/mol. The Morgan fingerprint density at radius 2 is 0.793 bits per heavy atom. The van der Waals surface area contributed by atoms with Gasteiger partial charge in [0.1, 0.15) is 6.61 Å². The molecule has 0 aliphatic rings. The highest BCUT2D eigenvalue weighted by Gasteiger charge is 2.17. The lowest BCUT2D eigenvalue weighted by Crippen LogP contribution is -2.30. The smallest absolute Gasteiger partial charge is 0.306 e. The second-order valence-corrected chi connectivity index (χ2v) is 16.0. The van der Waals surface area contributed by atoms with Crippen LogP contribution in [0.25, 0.3) is 0 Å². The average molecular weight is 809 g/mol. The summed E-state index contributed by atoms with van der Waals surface area (Å²) in [5.41, 5.74) is 0. The molecule has 1 unspecified atom stereocenters. The second kappa shape index (κ2) is 48.7. The number of ether oxygens (including phenoxy) is 3. The lowest BCUT2D eigenvalue weighted by Gasteiger charge is -2.18.